The average molecular weight is 446 g/mol. The zero-order chi connectivity index (χ0) is 23.4. The van der Waals surface area contributed by atoms with Gasteiger partial charge in [-0.25, -0.2) is 0 Å². The molecule has 0 bridgehead atoms. The SMILES string of the molecule is COc1ccc(C(=O)N2CCN(C)C(=O)[C@H]2Cc2cccc(-c3cccnc3)c2)c(OC)c1. The van der Waals surface area contributed by atoms with Crippen LogP contribution < -0.4 is 9.47 Å². The van der Waals surface area contributed by atoms with Crippen LogP contribution >= 0.6 is 0 Å². The number of rotatable bonds is 6. The van der Waals surface area contributed by atoms with Gasteiger partial charge < -0.3 is 19.3 Å². The van der Waals surface area contributed by atoms with Crippen LogP contribution in [0.15, 0.2) is 67.0 Å². The molecule has 3 aromatic rings. The number of carbonyl (C=O) groups excluding carboxylic acids is 2. The molecule has 0 saturated carbocycles. The molecule has 1 aliphatic rings. The first kappa shape index (κ1) is 22.3. The molecule has 1 saturated heterocycles. The summed E-state index contributed by atoms with van der Waals surface area (Å²) in [5.74, 6) is 0.711. The summed E-state index contributed by atoms with van der Waals surface area (Å²) in [5, 5.41) is 0. The largest absolute Gasteiger partial charge is 0.497 e. The Morgan fingerprint density at radius 2 is 1.85 bits per heavy atom. The molecule has 1 aromatic heterocycles. The second-order valence-corrected chi connectivity index (χ2v) is 7.99. The number of hydrogen-bond donors (Lipinski definition) is 0. The van der Waals surface area contributed by atoms with Crippen LogP contribution in [0.4, 0.5) is 0 Å². The lowest BCUT2D eigenvalue weighted by atomic mass is 9.97. The molecule has 2 heterocycles. The molecule has 1 aliphatic heterocycles. The second-order valence-electron chi connectivity index (χ2n) is 7.99. The van der Waals surface area contributed by atoms with Gasteiger partial charge in [-0.3, -0.25) is 14.6 Å². The lowest BCUT2D eigenvalue weighted by molar-refractivity contribution is -0.138. The predicted octanol–water partition coefficient (Wildman–Crippen LogP) is 3.29. The van der Waals surface area contributed by atoms with Crippen LogP contribution in [-0.2, 0) is 11.2 Å². The highest BCUT2D eigenvalue weighted by Crippen LogP contribution is 2.28. The number of likely N-dealkylation sites (N-methyl/N-ethyl adjacent to an activating group) is 1. The van der Waals surface area contributed by atoms with Gasteiger partial charge in [-0.05, 0) is 34.9 Å². The van der Waals surface area contributed by atoms with Crippen molar-refractivity contribution < 1.29 is 19.1 Å². The third kappa shape index (κ3) is 4.67. The molecular formula is C26H27N3O4. The molecule has 2 amide bonds. The van der Waals surface area contributed by atoms with Gasteiger partial charge in [-0.15, -0.1) is 0 Å². The van der Waals surface area contributed by atoms with Crippen molar-refractivity contribution in [1.82, 2.24) is 14.8 Å². The smallest absolute Gasteiger partial charge is 0.258 e. The summed E-state index contributed by atoms with van der Waals surface area (Å²) in [4.78, 5) is 34.2. The van der Waals surface area contributed by atoms with Gasteiger partial charge >= 0.3 is 0 Å². The minimum Gasteiger partial charge on any atom is -0.497 e. The van der Waals surface area contributed by atoms with Crippen LogP contribution in [0.5, 0.6) is 11.5 Å². The molecule has 0 spiro atoms. The molecular weight excluding hydrogens is 418 g/mol. The van der Waals surface area contributed by atoms with Crippen molar-refractivity contribution in [2.45, 2.75) is 12.5 Å². The summed E-state index contributed by atoms with van der Waals surface area (Å²) in [6, 6.07) is 16.4. The summed E-state index contributed by atoms with van der Waals surface area (Å²) >= 11 is 0. The maximum atomic E-state index is 13.5. The van der Waals surface area contributed by atoms with Gasteiger partial charge in [0, 0.05) is 45.0 Å². The number of benzene rings is 2. The minimum absolute atomic E-state index is 0.0751. The monoisotopic (exact) mass is 445 g/mol. The van der Waals surface area contributed by atoms with Crippen LogP contribution in [-0.4, -0.2) is 67.0 Å². The van der Waals surface area contributed by atoms with Gasteiger partial charge in [0.25, 0.3) is 5.91 Å². The Kier molecular flexibility index (Phi) is 6.58. The summed E-state index contributed by atoms with van der Waals surface area (Å²) in [7, 11) is 4.85. The average Bonchev–Trinajstić information content (AvgIpc) is 2.87. The summed E-state index contributed by atoms with van der Waals surface area (Å²) in [6.07, 6.45) is 3.97. The van der Waals surface area contributed by atoms with Crippen molar-refractivity contribution in [3.63, 3.8) is 0 Å². The van der Waals surface area contributed by atoms with Gasteiger partial charge in [0.05, 0.1) is 19.8 Å². The number of nitrogens with zero attached hydrogens (tertiary/aromatic N) is 3. The molecule has 1 atom stereocenters. The van der Waals surface area contributed by atoms with E-state index in [0.717, 1.165) is 16.7 Å². The Bertz CT molecular complexity index is 1150. The zero-order valence-corrected chi connectivity index (χ0v) is 19.0. The molecule has 0 radical (unpaired) electrons. The molecule has 4 rings (SSSR count). The van der Waals surface area contributed by atoms with Crippen molar-refractivity contribution in [2.24, 2.45) is 0 Å². The zero-order valence-electron chi connectivity index (χ0n) is 19.0. The lowest BCUT2D eigenvalue weighted by Gasteiger charge is -2.39. The molecule has 7 nitrogen and oxygen atoms in total. The number of methoxy groups -OCH3 is 2. The summed E-state index contributed by atoms with van der Waals surface area (Å²) < 4.78 is 10.7. The quantitative estimate of drug-likeness (QED) is 0.582. The molecule has 33 heavy (non-hydrogen) atoms. The molecule has 0 unspecified atom stereocenters. The first-order valence-electron chi connectivity index (χ1n) is 10.8. The first-order chi connectivity index (χ1) is 16.0. The van der Waals surface area contributed by atoms with E-state index >= 15 is 0 Å². The fourth-order valence-electron chi connectivity index (χ4n) is 4.12. The van der Waals surface area contributed by atoms with E-state index in [4.69, 9.17) is 9.47 Å². The third-order valence-electron chi connectivity index (χ3n) is 5.96. The van der Waals surface area contributed by atoms with Crippen molar-refractivity contribution >= 4 is 11.8 Å². The highest BCUT2D eigenvalue weighted by molar-refractivity contribution is 6.00. The first-order valence-corrected chi connectivity index (χ1v) is 10.8. The van der Waals surface area contributed by atoms with E-state index in [0.29, 0.717) is 36.6 Å². The molecule has 7 heteroatoms. The fraction of sp³-hybridized carbons (Fsp3) is 0.269. The van der Waals surface area contributed by atoms with Crippen LogP contribution in [0, 0.1) is 0 Å². The van der Waals surface area contributed by atoms with Crippen LogP contribution in [0.2, 0.25) is 0 Å². The minimum atomic E-state index is -0.604. The molecule has 2 aromatic carbocycles. The normalized spacial score (nSPS) is 16.0. The van der Waals surface area contributed by atoms with Gasteiger partial charge in [-0.1, -0.05) is 30.3 Å². The Hall–Kier alpha value is -3.87. The van der Waals surface area contributed by atoms with E-state index in [1.807, 2.05) is 36.5 Å². The van der Waals surface area contributed by atoms with E-state index in [1.165, 1.54) is 7.11 Å². The molecule has 0 aliphatic carbocycles. The van der Waals surface area contributed by atoms with Crippen LogP contribution in [0.1, 0.15) is 15.9 Å². The number of carbonyl (C=O) groups is 2. The molecule has 0 N–H and O–H groups in total. The fourth-order valence-corrected chi connectivity index (χ4v) is 4.12. The van der Waals surface area contributed by atoms with E-state index in [2.05, 4.69) is 11.1 Å². The number of amides is 2. The van der Waals surface area contributed by atoms with Crippen molar-refractivity contribution in [3.05, 3.63) is 78.1 Å². The molecule has 1 fully saturated rings. The van der Waals surface area contributed by atoms with Crippen LogP contribution in [0.3, 0.4) is 0 Å². The van der Waals surface area contributed by atoms with E-state index in [-0.39, 0.29) is 11.8 Å². The Labute approximate surface area is 193 Å². The number of piperazine rings is 1. The van der Waals surface area contributed by atoms with E-state index < -0.39 is 6.04 Å². The Morgan fingerprint density at radius 1 is 1.03 bits per heavy atom. The van der Waals surface area contributed by atoms with Crippen molar-refractivity contribution in [1.29, 1.82) is 0 Å². The maximum absolute atomic E-state index is 13.5. The van der Waals surface area contributed by atoms with E-state index in [1.54, 1.807) is 48.4 Å². The summed E-state index contributed by atoms with van der Waals surface area (Å²) in [5.41, 5.74) is 3.41. The highest BCUT2D eigenvalue weighted by Gasteiger charge is 2.37. The van der Waals surface area contributed by atoms with Gasteiger partial charge in [0.15, 0.2) is 0 Å². The topological polar surface area (TPSA) is 72.0 Å². The number of hydrogen-bond acceptors (Lipinski definition) is 5. The lowest BCUT2D eigenvalue weighted by Crippen LogP contribution is -2.58. The Morgan fingerprint density at radius 3 is 2.58 bits per heavy atom. The van der Waals surface area contributed by atoms with E-state index in [9.17, 15) is 9.59 Å². The van der Waals surface area contributed by atoms with Crippen LogP contribution in [0.25, 0.3) is 11.1 Å². The van der Waals surface area contributed by atoms with Crippen molar-refractivity contribution in [3.8, 4) is 22.6 Å². The number of ether oxygens (including phenoxy) is 2. The van der Waals surface area contributed by atoms with Gasteiger partial charge in [-0.2, -0.15) is 0 Å². The molecule has 170 valence electrons. The van der Waals surface area contributed by atoms with Gasteiger partial charge in [0.2, 0.25) is 5.91 Å². The highest BCUT2D eigenvalue weighted by atomic mass is 16.5. The number of pyridine rings is 1. The number of aromatic nitrogens is 1. The summed E-state index contributed by atoms with van der Waals surface area (Å²) in [6.45, 7) is 0.929. The second kappa shape index (κ2) is 9.73. The maximum Gasteiger partial charge on any atom is 0.258 e. The predicted molar refractivity (Wildman–Crippen MR) is 125 cm³/mol. The van der Waals surface area contributed by atoms with Crippen molar-refractivity contribution in [2.75, 3.05) is 34.4 Å². The third-order valence-corrected chi connectivity index (χ3v) is 5.96. The van der Waals surface area contributed by atoms with Gasteiger partial charge in [0.1, 0.15) is 17.5 Å². The Balaban J connectivity index is 1.64. The standard InChI is InChI=1S/C26H27N3O4/c1-28-12-13-29(25(30)22-10-9-21(32-2)16-24(22)33-3)23(26(28)31)15-18-6-4-7-19(14-18)20-8-5-11-27-17-20/h4-11,14,16-17,23H,12-13,15H2,1-3H3/t23-/m1/s1.